The zero-order valence-electron chi connectivity index (χ0n) is 9.00. The van der Waals surface area contributed by atoms with E-state index in [1.165, 1.54) is 18.5 Å². The number of carbonyl (C=O) groups is 1. The molecule has 2 aromatic rings. The largest absolute Gasteiger partial charge is 0.478 e. The van der Waals surface area contributed by atoms with Crippen molar-refractivity contribution in [3.8, 4) is 0 Å². The van der Waals surface area contributed by atoms with Crippen molar-refractivity contribution in [2.24, 2.45) is 0 Å². The summed E-state index contributed by atoms with van der Waals surface area (Å²) < 4.78 is 0. The van der Waals surface area contributed by atoms with Crippen molar-refractivity contribution in [3.05, 3.63) is 41.3 Å². The molecule has 0 unspecified atom stereocenters. The zero-order chi connectivity index (χ0) is 13.1. The van der Waals surface area contributed by atoms with Crippen molar-refractivity contribution in [1.29, 1.82) is 0 Å². The molecule has 0 aliphatic rings. The molecule has 2 rings (SSSR count). The summed E-state index contributed by atoms with van der Waals surface area (Å²) in [5.74, 6) is -1.08. The van der Waals surface area contributed by atoms with Gasteiger partial charge < -0.3 is 10.8 Å². The maximum atomic E-state index is 11.2. The molecule has 1 aromatic carbocycles. The number of aromatic nitrogens is 2. The van der Waals surface area contributed by atoms with Crippen LogP contribution in [0.5, 0.6) is 0 Å². The smallest absolute Gasteiger partial charge is 0.336 e. The lowest BCUT2D eigenvalue weighted by atomic mass is 10.2. The second-order valence-electron chi connectivity index (χ2n) is 3.33. The van der Waals surface area contributed by atoms with Gasteiger partial charge in [-0.3, -0.25) is 0 Å². The Morgan fingerprint density at radius 1 is 1.44 bits per heavy atom. The molecule has 0 aliphatic heterocycles. The van der Waals surface area contributed by atoms with E-state index in [1.54, 1.807) is 12.3 Å². The van der Waals surface area contributed by atoms with Crippen LogP contribution in [-0.2, 0) is 0 Å². The molecule has 0 spiro atoms. The fraction of sp³-hybridized carbons (Fsp3) is 0. The fourth-order valence-electron chi connectivity index (χ4n) is 1.32. The maximum Gasteiger partial charge on any atom is 0.336 e. The van der Waals surface area contributed by atoms with E-state index in [4.69, 9.17) is 22.4 Å². The summed E-state index contributed by atoms with van der Waals surface area (Å²) in [7, 11) is 0. The molecule has 1 aromatic heterocycles. The summed E-state index contributed by atoms with van der Waals surface area (Å²) in [6, 6.07) is 4.55. The van der Waals surface area contributed by atoms with Crippen LogP contribution in [0.2, 0.25) is 5.02 Å². The monoisotopic (exact) mass is 281 g/mol. The van der Waals surface area contributed by atoms with Gasteiger partial charge in [-0.15, -0.1) is 0 Å². The number of hydrogen-bond acceptors (Lipinski definition) is 5. The third kappa shape index (κ3) is 2.72. The third-order valence-electron chi connectivity index (χ3n) is 2.06. The number of nitrogen functional groups attached to an aromatic ring is 1. The van der Waals surface area contributed by atoms with Gasteiger partial charge in [0.05, 0.1) is 10.6 Å². The summed E-state index contributed by atoms with van der Waals surface area (Å²) in [4.78, 5) is 19.4. The molecule has 0 atom stereocenters. The Labute approximate surface area is 112 Å². The molecule has 0 fully saturated rings. The summed E-state index contributed by atoms with van der Waals surface area (Å²) in [5.41, 5.74) is 5.95. The first kappa shape index (κ1) is 12.7. The van der Waals surface area contributed by atoms with Crippen molar-refractivity contribution >= 4 is 35.0 Å². The first-order valence-corrected chi connectivity index (χ1v) is 6.03. The van der Waals surface area contributed by atoms with E-state index in [2.05, 4.69) is 9.97 Å². The predicted molar refractivity (Wildman–Crippen MR) is 69.0 cm³/mol. The molecule has 0 aliphatic carbocycles. The molecule has 0 saturated carbocycles. The number of nitrogens with zero attached hydrogens (tertiary/aromatic N) is 2. The number of carboxylic acid groups (broad SMARTS) is 1. The van der Waals surface area contributed by atoms with Crippen LogP contribution in [0.15, 0.2) is 40.6 Å². The van der Waals surface area contributed by atoms with Gasteiger partial charge in [0.1, 0.15) is 11.4 Å². The van der Waals surface area contributed by atoms with E-state index in [0.717, 1.165) is 11.8 Å². The average molecular weight is 282 g/mol. The number of aromatic carboxylic acids is 1. The highest BCUT2D eigenvalue weighted by Gasteiger charge is 2.16. The summed E-state index contributed by atoms with van der Waals surface area (Å²) >= 11 is 7.18. The fourth-order valence-corrected chi connectivity index (χ4v) is 2.51. The molecule has 0 radical (unpaired) electrons. The van der Waals surface area contributed by atoms with E-state index in [0.29, 0.717) is 15.6 Å². The number of hydrogen-bond donors (Lipinski definition) is 2. The van der Waals surface area contributed by atoms with Gasteiger partial charge in [-0.1, -0.05) is 23.4 Å². The molecule has 0 bridgehead atoms. The Hall–Kier alpha value is -1.79. The molecule has 92 valence electrons. The Bertz CT molecular complexity index is 592. The predicted octanol–water partition coefficient (Wildman–Crippen LogP) is 2.56. The molecule has 0 amide bonds. The van der Waals surface area contributed by atoms with Crippen LogP contribution in [0, 0.1) is 0 Å². The second kappa shape index (κ2) is 5.24. The van der Waals surface area contributed by atoms with Crippen LogP contribution in [0.1, 0.15) is 10.4 Å². The lowest BCUT2D eigenvalue weighted by Gasteiger charge is -2.08. The minimum Gasteiger partial charge on any atom is -0.478 e. The Morgan fingerprint density at radius 2 is 2.22 bits per heavy atom. The summed E-state index contributed by atoms with van der Waals surface area (Å²) in [6.45, 7) is 0. The number of carboxylic acids is 1. The number of anilines is 1. The van der Waals surface area contributed by atoms with Gasteiger partial charge in [0.15, 0.2) is 0 Å². The zero-order valence-corrected chi connectivity index (χ0v) is 10.6. The number of rotatable bonds is 3. The van der Waals surface area contributed by atoms with E-state index in [9.17, 15) is 4.79 Å². The van der Waals surface area contributed by atoms with Crippen LogP contribution < -0.4 is 5.73 Å². The standard InChI is InChI=1S/C11H8ClN3O2S/c12-8-4-6(13)3-7(11(16)17)10(8)18-9-1-2-14-5-15-9/h1-5H,13H2,(H,16,17). The number of halogens is 1. The van der Waals surface area contributed by atoms with Gasteiger partial charge in [-0.05, 0) is 18.2 Å². The molecule has 18 heavy (non-hydrogen) atoms. The first-order valence-electron chi connectivity index (χ1n) is 4.84. The van der Waals surface area contributed by atoms with Crippen molar-refractivity contribution in [2.75, 3.05) is 5.73 Å². The molecular formula is C11H8ClN3O2S. The van der Waals surface area contributed by atoms with E-state index >= 15 is 0 Å². The molecule has 3 N–H and O–H groups in total. The van der Waals surface area contributed by atoms with Crippen LogP contribution in [0.25, 0.3) is 0 Å². The van der Waals surface area contributed by atoms with Gasteiger partial charge in [-0.25, -0.2) is 14.8 Å². The van der Waals surface area contributed by atoms with Crippen LogP contribution >= 0.6 is 23.4 Å². The van der Waals surface area contributed by atoms with Gasteiger partial charge in [-0.2, -0.15) is 0 Å². The molecular weight excluding hydrogens is 274 g/mol. The van der Waals surface area contributed by atoms with Crippen molar-refractivity contribution in [3.63, 3.8) is 0 Å². The Balaban J connectivity index is 2.47. The number of nitrogens with two attached hydrogens (primary N) is 1. The van der Waals surface area contributed by atoms with Crippen LogP contribution in [0.3, 0.4) is 0 Å². The van der Waals surface area contributed by atoms with E-state index in [1.807, 2.05) is 0 Å². The summed E-state index contributed by atoms with van der Waals surface area (Å²) in [6.07, 6.45) is 2.95. The SMILES string of the molecule is Nc1cc(Cl)c(Sc2ccncn2)c(C(=O)O)c1. The molecule has 1 heterocycles. The minimum absolute atomic E-state index is 0.0589. The highest BCUT2D eigenvalue weighted by molar-refractivity contribution is 7.99. The molecule has 7 heteroatoms. The first-order chi connectivity index (χ1) is 8.58. The van der Waals surface area contributed by atoms with Gasteiger partial charge in [0.2, 0.25) is 0 Å². The lowest BCUT2D eigenvalue weighted by Crippen LogP contribution is -2.01. The third-order valence-corrected chi connectivity index (χ3v) is 3.56. The van der Waals surface area contributed by atoms with E-state index in [-0.39, 0.29) is 10.6 Å². The molecule has 0 saturated heterocycles. The van der Waals surface area contributed by atoms with Crippen LogP contribution in [0.4, 0.5) is 5.69 Å². The van der Waals surface area contributed by atoms with Gasteiger partial charge in [0, 0.05) is 16.8 Å². The Morgan fingerprint density at radius 3 is 2.83 bits per heavy atom. The quantitative estimate of drug-likeness (QED) is 0.664. The Kier molecular flexibility index (Phi) is 3.69. The topological polar surface area (TPSA) is 89.1 Å². The second-order valence-corrected chi connectivity index (χ2v) is 4.77. The highest BCUT2D eigenvalue weighted by Crippen LogP contribution is 2.36. The highest BCUT2D eigenvalue weighted by atomic mass is 35.5. The minimum atomic E-state index is -1.08. The number of benzene rings is 1. The maximum absolute atomic E-state index is 11.2. The van der Waals surface area contributed by atoms with Gasteiger partial charge >= 0.3 is 5.97 Å². The van der Waals surface area contributed by atoms with Crippen molar-refractivity contribution < 1.29 is 9.90 Å². The average Bonchev–Trinajstić information content (AvgIpc) is 2.33. The van der Waals surface area contributed by atoms with Crippen LogP contribution in [-0.4, -0.2) is 21.0 Å². The normalized spacial score (nSPS) is 10.3. The summed E-state index contributed by atoms with van der Waals surface area (Å²) in [5, 5.41) is 10.0. The molecule has 5 nitrogen and oxygen atoms in total. The van der Waals surface area contributed by atoms with Crippen molar-refractivity contribution in [1.82, 2.24) is 9.97 Å². The lowest BCUT2D eigenvalue weighted by molar-refractivity contribution is 0.0693. The van der Waals surface area contributed by atoms with Crippen molar-refractivity contribution in [2.45, 2.75) is 9.92 Å². The van der Waals surface area contributed by atoms with E-state index < -0.39 is 5.97 Å². The van der Waals surface area contributed by atoms with Gasteiger partial charge in [0.25, 0.3) is 0 Å².